The zero-order valence-corrected chi connectivity index (χ0v) is 12.4. The van der Waals surface area contributed by atoms with Gasteiger partial charge in [-0.25, -0.2) is 0 Å². The van der Waals surface area contributed by atoms with Crippen LogP contribution in [0, 0.1) is 0 Å². The number of likely N-dealkylation sites (tertiary alicyclic amines) is 1. The highest BCUT2D eigenvalue weighted by Gasteiger charge is 2.18. The fourth-order valence-corrected chi connectivity index (χ4v) is 2.59. The second-order valence-electron chi connectivity index (χ2n) is 5.52. The molecule has 2 heterocycles. The molecule has 1 aromatic rings. The van der Waals surface area contributed by atoms with E-state index in [1.54, 1.807) is 4.68 Å². The van der Waals surface area contributed by atoms with Gasteiger partial charge in [0.2, 0.25) is 5.91 Å². The number of amides is 1. The van der Waals surface area contributed by atoms with Crippen LogP contribution < -0.4 is 11.1 Å². The molecule has 0 aromatic carbocycles. The van der Waals surface area contributed by atoms with E-state index < -0.39 is 0 Å². The van der Waals surface area contributed by atoms with E-state index in [1.807, 2.05) is 13.2 Å². The normalized spacial score (nSPS) is 17.4. The minimum Gasteiger partial charge on any atom is -0.351 e. The Kier molecular flexibility index (Phi) is 5.14. The van der Waals surface area contributed by atoms with Gasteiger partial charge in [-0.3, -0.25) is 14.4 Å². The Morgan fingerprint density at radius 1 is 1.50 bits per heavy atom. The van der Waals surface area contributed by atoms with Crippen LogP contribution in [-0.2, 0) is 24.8 Å². The predicted molar refractivity (Wildman–Crippen MR) is 78.1 cm³/mol. The highest BCUT2D eigenvalue weighted by atomic mass is 16.2. The van der Waals surface area contributed by atoms with Gasteiger partial charge >= 0.3 is 0 Å². The summed E-state index contributed by atoms with van der Waals surface area (Å²) in [6.45, 7) is 4.94. The Hall–Kier alpha value is -1.40. The second kappa shape index (κ2) is 6.85. The van der Waals surface area contributed by atoms with Crippen LogP contribution in [-0.4, -0.2) is 46.3 Å². The molecule has 0 spiro atoms. The highest BCUT2D eigenvalue weighted by Crippen LogP contribution is 2.08. The third-order valence-electron chi connectivity index (χ3n) is 3.80. The zero-order valence-electron chi connectivity index (χ0n) is 12.4. The molecule has 1 amide bonds. The first-order chi connectivity index (χ1) is 9.58. The molecule has 0 aliphatic carbocycles. The number of carbonyl (C=O) groups is 1. The number of hydrogen-bond acceptors (Lipinski definition) is 4. The molecule has 112 valence electrons. The fourth-order valence-electron chi connectivity index (χ4n) is 2.59. The van der Waals surface area contributed by atoms with Crippen molar-refractivity contribution in [2.24, 2.45) is 12.8 Å². The van der Waals surface area contributed by atoms with Crippen LogP contribution in [0.3, 0.4) is 0 Å². The van der Waals surface area contributed by atoms with Crippen LogP contribution in [0.15, 0.2) is 6.20 Å². The van der Waals surface area contributed by atoms with Gasteiger partial charge in [0, 0.05) is 44.5 Å². The first-order valence-electron chi connectivity index (χ1n) is 7.34. The van der Waals surface area contributed by atoms with Crippen molar-refractivity contribution in [1.29, 1.82) is 0 Å². The predicted octanol–water partition coefficient (Wildman–Crippen LogP) is 0.0218. The summed E-state index contributed by atoms with van der Waals surface area (Å²) in [7, 11) is 1.90. The maximum atomic E-state index is 12.0. The maximum absolute atomic E-state index is 12.0. The summed E-state index contributed by atoms with van der Waals surface area (Å²) >= 11 is 0. The number of aromatic nitrogens is 2. The molecule has 6 nitrogen and oxygen atoms in total. The molecule has 6 heteroatoms. The number of rotatable bonds is 5. The molecule has 0 bridgehead atoms. The molecule has 1 aliphatic heterocycles. The van der Waals surface area contributed by atoms with Gasteiger partial charge in [0.15, 0.2) is 0 Å². The Balaban J connectivity index is 1.77. The molecule has 0 radical (unpaired) electrons. The average Bonchev–Trinajstić information content (AvgIpc) is 2.79. The Morgan fingerprint density at radius 2 is 2.20 bits per heavy atom. The van der Waals surface area contributed by atoms with Crippen molar-refractivity contribution in [1.82, 2.24) is 20.0 Å². The standard InChI is InChI=1S/C14H25N5O/c1-3-13-11(9-18(2)17-13)8-16-14(20)10-19-6-4-12(15)5-7-19/h9,12H,3-8,10,15H2,1-2H3,(H,16,20). The minimum absolute atomic E-state index is 0.0753. The number of nitrogens with two attached hydrogens (primary N) is 1. The Morgan fingerprint density at radius 3 is 2.85 bits per heavy atom. The molecule has 20 heavy (non-hydrogen) atoms. The third kappa shape index (κ3) is 4.05. The first-order valence-corrected chi connectivity index (χ1v) is 7.34. The molecule has 3 N–H and O–H groups in total. The smallest absolute Gasteiger partial charge is 0.234 e. The van der Waals surface area contributed by atoms with Crippen LogP contribution >= 0.6 is 0 Å². The first kappa shape index (κ1) is 15.0. The number of piperidine rings is 1. The van der Waals surface area contributed by atoms with Crippen molar-refractivity contribution in [2.75, 3.05) is 19.6 Å². The van der Waals surface area contributed by atoms with Gasteiger partial charge < -0.3 is 11.1 Å². The van der Waals surface area contributed by atoms with Gasteiger partial charge in [0.25, 0.3) is 0 Å². The molecular weight excluding hydrogens is 254 g/mol. The monoisotopic (exact) mass is 279 g/mol. The second-order valence-corrected chi connectivity index (χ2v) is 5.52. The summed E-state index contributed by atoms with van der Waals surface area (Å²) in [5.74, 6) is 0.0753. The zero-order chi connectivity index (χ0) is 14.5. The van der Waals surface area contributed by atoms with Crippen molar-refractivity contribution in [3.63, 3.8) is 0 Å². The van der Waals surface area contributed by atoms with E-state index in [-0.39, 0.29) is 5.91 Å². The van der Waals surface area contributed by atoms with E-state index >= 15 is 0 Å². The van der Waals surface area contributed by atoms with Crippen molar-refractivity contribution in [2.45, 2.75) is 38.8 Å². The summed E-state index contributed by atoms with van der Waals surface area (Å²) in [4.78, 5) is 14.1. The van der Waals surface area contributed by atoms with Crippen LogP contribution in [0.1, 0.15) is 31.0 Å². The Bertz CT molecular complexity index is 448. The van der Waals surface area contributed by atoms with Crippen molar-refractivity contribution < 1.29 is 4.79 Å². The Labute approximate surface area is 120 Å². The third-order valence-corrected chi connectivity index (χ3v) is 3.80. The molecule has 1 saturated heterocycles. The maximum Gasteiger partial charge on any atom is 0.234 e. The SMILES string of the molecule is CCc1nn(C)cc1CNC(=O)CN1CCC(N)CC1. The molecule has 1 aromatic heterocycles. The van der Waals surface area contributed by atoms with E-state index in [4.69, 9.17) is 5.73 Å². The summed E-state index contributed by atoms with van der Waals surface area (Å²) in [5.41, 5.74) is 8.01. The average molecular weight is 279 g/mol. The lowest BCUT2D eigenvalue weighted by molar-refractivity contribution is -0.122. The highest BCUT2D eigenvalue weighted by molar-refractivity contribution is 5.78. The molecule has 0 unspecified atom stereocenters. The van der Waals surface area contributed by atoms with Crippen molar-refractivity contribution in [3.05, 3.63) is 17.5 Å². The van der Waals surface area contributed by atoms with Crippen LogP contribution in [0.2, 0.25) is 0 Å². The van der Waals surface area contributed by atoms with E-state index in [0.29, 0.717) is 19.1 Å². The number of nitrogens with zero attached hydrogens (tertiary/aromatic N) is 3. The quantitative estimate of drug-likeness (QED) is 0.797. The minimum atomic E-state index is 0.0753. The van der Waals surface area contributed by atoms with E-state index in [2.05, 4.69) is 22.2 Å². The molecule has 0 atom stereocenters. The molecule has 2 rings (SSSR count). The van der Waals surface area contributed by atoms with Crippen LogP contribution in [0.4, 0.5) is 0 Å². The molecular formula is C14H25N5O. The number of carbonyl (C=O) groups excluding carboxylic acids is 1. The topological polar surface area (TPSA) is 76.2 Å². The van der Waals surface area contributed by atoms with E-state index in [1.165, 1.54) is 0 Å². The number of nitrogens with one attached hydrogen (secondary N) is 1. The number of aryl methyl sites for hydroxylation is 2. The summed E-state index contributed by atoms with van der Waals surface area (Å²) < 4.78 is 1.80. The summed E-state index contributed by atoms with van der Waals surface area (Å²) in [5, 5.41) is 7.35. The van der Waals surface area contributed by atoms with Gasteiger partial charge in [-0.05, 0) is 19.3 Å². The van der Waals surface area contributed by atoms with E-state index in [9.17, 15) is 4.79 Å². The van der Waals surface area contributed by atoms with Crippen LogP contribution in [0.25, 0.3) is 0 Å². The van der Waals surface area contributed by atoms with Gasteiger partial charge in [-0.1, -0.05) is 6.92 Å². The van der Waals surface area contributed by atoms with Gasteiger partial charge in [0.05, 0.1) is 12.2 Å². The summed E-state index contributed by atoms with van der Waals surface area (Å²) in [6, 6.07) is 0.303. The van der Waals surface area contributed by atoms with Gasteiger partial charge in [-0.15, -0.1) is 0 Å². The lowest BCUT2D eigenvalue weighted by Gasteiger charge is -2.29. The lowest BCUT2D eigenvalue weighted by atomic mass is 10.1. The van der Waals surface area contributed by atoms with E-state index in [0.717, 1.165) is 43.6 Å². The lowest BCUT2D eigenvalue weighted by Crippen LogP contribution is -2.44. The van der Waals surface area contributed by atoms with Gasteiger partial charge in [0.1, 0.15) is 0 Å². The summed E-state index contributed by atoms with van der Waals surface area (Å²) in [6.07, 6.45) is 4.82. The van der Waals surface area contributed by atoms with Crippen LogP contribution in [0.5, 0.6) is 0 Å². The largest absolute Gasteiger partial charge is 0.351 e. The molecule has 1 aliphatic rings. The number of hydrogen-bond donors (Lipinski definition) is 2. The fraction of sp³-hybridized carbons (Fsp3) is 0.714. The molecule has 1 fully saturated rings. The van der Waals surface area contributed by atoms with Crippen molar-refractivity contribution >= 4 is 5.91 Å². The van der Waals surface area contributed by atoms with Crippen molar-refractivity contribution in [3.8, 4) is 0 Å². The molecule has 0 saturated carbocycles. The van der Waals surface area contributed by atoms with Gasteiger partial charge in [-0.2, -0.15) is 5.10 Å².